The predicted octanol–water partition coefficient (Wildman–Crippen LogP) is 9.58. The van der Waals surface area contributed by atoms with Crippen LogP contribution >= 0.6 is 0 Å². The molecule has 1 aromatic heterocycles. The van der Waals surface area contributed by atoms with Crippen LogP contribution < -0.4 is 18.9 Å². The van der Waals surface area contributed by atoms with Crippen molar-refractivity contribution in [3.8, 4) is 57.5 Å². The van der Waals surface area contributed by atoms with Crippen molar-refractivity contribution in [1.82, 2.24) is 15.0 Å². The molecule has 0 radical (unpaired) electrons. The Morgan fingerprint density at radius 1 is 0.511 bits per heavy atom. The van der Waals surface area contributed by atoms with Gasteiger partial charge in [-0.2, -0.15) is 0 Å². The molecule has 0 saturated carbocycles. The van der Waals surface area contributed by atoms with Crippen LogP contribution in [-0.2, 0) is 0 Å². The second kappa shape index (κ2) is 15.3. The molecule has 1 heterocycles. The Morgan fingerprint density at radius 2 is 0.957 bits per heavy atom. The molecule has 0 bridgehead atoms. The van der Waals surface area contributed by atoms with Crippen LogP contribution in [0.4, 0.5) is 0 Å². The zero-order valence-corrected chi connectivity index (χ0v) is 25.9. The molecule has 0 amide bonds. The van der Waals surface area contributed by atoms with Crippen LogP contribution in [0.2, 0.25) is 0 Å². The van der Waals surface area contributed by atoms with Crippen LogP contribution in [0.15, 0.2) is 133 Å². The highest BCUT2D eigenvalue weighted by Gasteiger charge is 2.17. The minimum Gasteiger partial charge on any atom is -0.494 e. The topological polar surface area (TPSA) is 92.7 Å². The summed E-state index contributed by atoms with van der Waals surface area (Å²) in [6.07, 6.45) is 3.42. The van der Waals surface area contributed by atoms with Gasteiger partial charge in [0.15, 0.2) is 0 Å². The van der Waals surface area contributed by atoms with Gasteiger partial charge in [0.2, 0.25) is 0 Å². The lowest BCUT2D eigenvalue weighted by Gasteiger charge is -2.09. The fraction of sp³-hybridized carbons (Fsp3) is 0.128. The number of carbonyl (C=O) groups excluding carboxylic acids is 1. The first-order valence-electron chi connectivity index (χ1n) is 15.5. The number of para-hydroxylation sites is 2. The van der Waals surface area contributed by atoms with Gasteiger partial charge in [-0.15, -0.1) is 15.0 Å². The molecular weight excluding hydrogens is 590 g/mol. The summed E-state index contributed by atoms with van der Waals surface area (Å²) in [5, 5.41) is 0. The molecule has 0 N–H and O–H groups in total. The lowest BCUT2D eigenvalue weighted by molar-refractivity contribution is 0.0717. The van der Waals surface area contributed by atoms with Crippen molar-refractivity contribution in [2.45, 2.75) is 26.2 Å². The molecule has 234 valence electrons. The summed E-state index contributed by atoms with van der Waals surface area (Å²) in [4.78, 5) is 25.7. The van der Waals surface area contributed by atoms with Crippen molar-refractivity contribution in [1.29, 1.82) is 0 Å². The van der Waals surface area contributed by atoms with E-state index in [2.05, 4.69) is 58.3 Å². The van der Waals surface area contributed by atoms with E-state index in [0.29, 0.717) is 17.1 Å². The third kappa shape index (κ3) is 8.58. The normalized spacial score (nSPS) is 10.7. The molecule has 0 saturated heterocycles. The lowest BCUT2D eigenvalue weighted by Crippen LogP contribution is -2.12. The van der Waals surface area contributed by atoms with Gasteiger partial charge in [0.05, 0.1) is 12.2 Å². The Kier molecular flexibility index (Phi) is 10.1. The van der Waals surface area contributed by atoms with E-state index in [4.69, 9.17) is 18.9 Å². The van der Waals surface area contributed by atoms with Gasteiger partial charge < -0.3 is 18.9 Å². The van der Waals surface area contributed by atoms with Crippen molar-refractivity contribution in [2.24, 2.45) is 0 Å². The molecule has 0 aliphatic heterocycles. The minimum absolute atomic E-state index is 0.0783. The number of rotatable bonds is 13. The number of nitrogens with zero attached hydrogens (tertiary/aromatic N) is 3. The number of hydrogen-bond donors (Lipinski definition) is 0. The van der Waals surface area contributed by atoms with Gasteiger partial charge in [-0.05, 0) is 77.2 Å². The first kappa shape index (κ1) is 31.0. The number of carbonyl (C=O) groups is 1. The summed E-state index contributed by atoms with van der Waals surface area (Å²) in [5.74, 6) is 1.27. The van der Waals surface area contributed by atoms with E-state index < -0.39 is 5.97 Å². The standard InChI is InChI=1S/C39H33N3O5/c1-2-3-10-27-44-33-25-23-31(24-26-33)29-17-15-28(16-18-29)30-19-21-32(22-20-30)36(43)47-39-41-37(45-34-11-6-4-7-12-34)40-38(42-39)46-35-13-8-5-9-14-35/h4-9,11-26H,2-3,10,27H2,1H3. The average Bonchev–Trinajstić information content (AvgIpc) is 3.11. The summed E-state index contributed by atoms with van der Waals surface area (Å²) in [5.41, 5.74) is 4.53. The zero-order chi connectivity index (χ0) is 32.3. The second-order valence-electron chi connectivity index (χ2n) is 10.6. The Labute approximate surface area is 273 Å². The molecule has 5 aromatic carbocycles. The largest absolute Gasteiger partial charge is 0.494 e. The average molecular weight is 624 g/mol. The molecule has 47 heavy (non-hydrogen) atoms. The van der Waals surface area contributed by atoms with Crippen LogP contribution in [0, 0.1) is 0 Å². The summed E-state index contributed by atoms with van der Waals surface area (Å²) >= 11 is 0. The summed E-state index contributed by atoms with van der Waals surface area (Å²) in [6.45, 7) is 2.93. The van der Waals surface area contributed by atoms with Gasteiger partial charge in [-0.25, -0.2) is 4.79 Å². The number of hydrogen-bond acceptors (Lipinski definition) is 8. The van der Waals surface area contributed by atoms with Crippen molar-refractivity contribution in [2.75, 3.05) is 6.61 Å². The van der Waals surface area contributed by atoms with Crippen LogP contribution in [-0.4, -0.2) is 27.5 Å². The van der Waals surface area contributed by atoms with E-state index in [-0.39, 0.29) is 18.0 Å². The fourth-order valence-corrected chi connectivity index (χ4v) is 4.73. The molecule has 0 aliphatic carbocycles. The molecule has 8 nitrogen and oxygen atoms in total. The Bertz CT molecular complexity index is 1820. The van der Waals surface area contributed by atoms with E-state index in [1.807, 2.05) is 60.7 Å². The molecule has 0 aliphatic rings. The molecule has 0 unspecified atom stereocenters. The highest BCUT2D eigenvalue weighted by atomic mass is 16.6. The van der Waals surface area contributed by atoms with Gasteiger partial charge in [-0.1, -0.05) is 105 Å². The maximum Gasteiger partial charge on any atom is 0.345 e. The molecule has 0 atom stereocenters. The smallest absolute Gasteiger partial charge is 0.345 e. The molecule has 0 spiro atoms. The number of aromatic nitrogens is 3. The molecule has 6 aromatic rings. The van der Waals surface area contributed by atoms with Gasteiger partial charge in [0, 0.05) is 0 Å². The zero-order valence-electron chi connectivity index (χ0n) is 25.9. The van der Waals surface area contributed by atoms with Crippen molar-refractivity contribution < 1.29 is 23.7 Å². The van der Waals surface area contributed by atoms with Crippen LogP contribution in [0.5, 0.6) is 35.3 Å². The minimum atomic E-state index is -0.632. The van der Waals surface area contributed by atoms with Gasteiger partial charge in [0.25, 0.3) is 0 Å². The summed E-state index contributed by atoms with van der Waals surface area (Å²) in [6, 6.07) is 41.2. The Morgan fingerprint density at radius 3 is 1.45 bits per heavy atom. The third-order valence-corrected chi connectivity index (χ3v) is 7.21. The SMILES string of the molecule is CCCCCOc1ccc(-c2ccc(-c3ccc(C(=O)Oc4nc(Oc5ccccc5)nc(Oc5ccccc5)n4)cc3)cc2)cc1. The van der Waals surface area contributed by atoms with E-state index in [0.717, 1.165) is 41.0 Å². The van der Waals surface area contributed by atoms with Crippen molar-refractivity contribution in [3.05, 3.63) is 139 Å². The van der Waals surface area contributed by atoms with Crippen LogP contribution in [0.1, 0.15) is 36.5 Å². The van der Waals surface area contributed by atoms with E-state index in [9.17, 15) is 4.79 Å². The Hall–Kier alpha value is -6.02. The highest BCUT2D eigenvalue weighted by Crippen LogP contribution is 2.28. The first-order valence-corrected chi connectivity index (χ1v) is 15.5. The monoisotopic (exact) mass is 623 g/mol. The van der Waals surface area contributed by atoms with Gasteiger partial charge in [0.1, 0.15) is 17.2 Å². The van der Waals surface area contributed by atoms with Crippen LogP contribution in [0.25, 0.3) is 22.3 Å². The number of benzene rings is 5. The molecule has 8 heteroatoms. The maximum atomic E-state index is 13.1. The lowest BCUT2D eigenvalue weighted by atomic mass is 9.99. The summed E-state index contributed by atoms with van der Waals surface area (Å²) < 4.78 is 22.9. The number of ether oxygens (including phenoxy) is 4. The number of esters is 1. The molecular formula is C39H33N3O5. The Balaban J connectivity index is 1.12. The highest BCUT2D eigenvalue weighted by molar-refractivity contribution is 5.91. The van der Waals surface area contributed by atoms with Gasteiger partial charge in [-0.3, -0.25) is 0 Å². The first-order chi connectivity index (χ1) is 23.1. The maximum absolute atomic E-state index is 13.1. The fourth-order valence-electron chi connectivity index (χ4n) is 4.73. The summed E-state index contributed by atoms with van der Waals surface area (Å²) in [7, 11) is 0. The van der Waals surface area contributed by atoms with E-state index in [1.54, 1.807) is 36.4 Å². The van der Waals surface area contributed by atoms with Crippen molar-refractivity contribution >= 4 is 5.97 Å². The van der Waals surface area contributed by atoms with Crippen molar-refractivity contribution in [3.63, 3.8) is 0 Å². The van der Waals surface area contributed by atoms with E-state index >= 15 is 0 Å². The number of unbranched alkanes of at least 4 members (excludes halogenated alkanes) is 2. The quantitative estimate of drug-likeness (QED) is 0.0928. The molecule has 0 fully saturated rings. The van der Waals surface area contributed by atoms with Gasteiger partial charge >= 0.3 is 24.0 Å². The second-order valence-corrected chi connectivity index (χ2v) is 10.6. The van der Waals surface area contributed by atoms with E-state index in [1.165, 1.54) is 12.8 Å². The molecule has 6 rings (SSSR count). The third-order valence-electron chi connectivity index (χ3n) is 7.21. The van der Waals surface area contributed by atoms with Crippen LogP contribution in [0.3, 0.4) is 0 Å². The predicted molar refractivity (Wildman–Crippen MR) is 180 cm³/mol.